The van der Waals surface area contributed by atoms with Crippen LogP contribution in [0.4, 0.5) is 0 Å². The van der Waals surface area contributed by atoms with Crippen molar-refractivity contribution < 1.29 is 0 Å². The summed E-state index contributed by atoms with van der Waals surface area (Å²) in [4.78, 5) is 3.48. The summed E-state index contributed by atoms with van der Waals surface area (Å²) in [6, 6.07) is 41.9. The summed E-state index contributed by atoms with van der Waals surface area (Å²) in [5, 5.41) is 5.03. The fourth-order valence-electron chi connectivity index (χ4n) is 6.24. The smallest absolute Gasteiger partial charge is 0.327 e. The Bertz CT molecular complexity index is 2140. The van der Waals surface area contributed by atoms with Crippen LogP contribution in [0, 0.1) is 0 Å². The van der Waals surface area contributed by atoms with Crippen LogP contribution in [-0.4, -0.2) is 21.0 Å². The van der Waals surface area contributed by atoms with Gasteiger partial charge in [0.15, 0.2) is 0 Å². The van der Waals surface area contributed by atoms with E-state index < -0.39 is 0 Å². The van der Waals surface area contributed by atoms with E-state index >= 15 is 0 Å². The molecule has 7 aromatic rings. The largest absolute Gasteiger partial charge is 0.355 e. The summed E-state index contributed by atoms with van der Waals surface area (Å²) in [5.74, 6) is 0. The lowest BCUT2D eigenvalue weighted by Gasteiger charge is -2.11. The fraction of sp³-hybridized carbons (Fsp3) is 0.0811. The van der Waals surface area contributed by atoms with Crippen LogP contribution in [-0.2, 0) is 0 Å². The van der Waals surface area contributed by atoms with Gasteiger partial charge in [-0.05, 0) is 52.4 Å². The number of nitrogens with one attached hydrogen (secondary N) is 1. The molecule has 0 aliphatic carbocycles. The zero-order valence-electron chi connectivity index (χ0n) is 22.4. The highest BCUT2D eigenvalue weighted by Gasteiger charge is 2.24. The molecule has 1 N–H and O–H groups in total. The van der Waals surface area contributed by atoms with E-state index in [9.17, 15) is 0 Å². The van der Waals surface area contributed by atoms with Crippen molar-refractivity contribution in [3.63, 3.8) is 0 Å². The maximum Gasteiger partial charge on any atom is 0.327 e. The third-order valence-corrected chi connectivity index (χ3v) is 8.24. The van der Waals surface area contributed by atoms with Gasteiger partial charge < -0.3 is 9.55 Å². The molecule has 3 heterocycles. The average molecular weight is 515 g/mol. The molecule has 0 amide bonds. The second kappa shape index (κ2) is 8.98. The van der Waals surface area contributed by atoms with E-state index in [0.29, 0.717) is 0 Å². The molecule has 2 aromatic heterocycles. The molecule has 40 heavy (non-hydrogen) atoms. The van der Waals surface area contributed by atoms with E-state index in [4.69, 9.17) is 4.67 Å². The lowest BCUT2D eigenvalue weighted by atomic mass is 9.99. The molecular formula is C37H28N3+. The van der Waals surface area contributed by atoms with Gasteiger partial charge in [0.2, 0.25) is 0 Å². The first-order chi connectivity index (χ1) is 19.7. The van der Waals surface area contributed by atoms with E-state index in [1.165, 1.54) is 66.2 Å². The first kappa shape index (κ1) is 22.8. The molecule has 0 spiro atoms. The van der Waals surface area contributed by atoms with Gasteiger partial charge in [-0.2, -0.15) is 0 Å². The Hall–Kier alpha value is -5.11. The summed E-state index contributed by atoms with van der Waals surface area (Å²) in [6.45, 7) is 2.11. The van der Waals surface area contributed by atoms with Crippen molar-refractivity contribution in [2.24, 2.45) is 0 Å². The number of rotatable bonds is 4. The molecule has 0 radical (unpaired) electrons. The number of fused-ring (bicyclic) bond motifs is 5. The third kappa shape index (κ3) is 3.64. The van der Waals surface area contributed by atoms with E-state index in [-0.39, 0.29) is 0 Å². The Labute approximate surface area is 232 Å². The highest BCUT2D eigenvalue weighted by Crippen LogP contribution is 2.39. The van der Waals surface area contributed by atoms with Crippen molar-refractivity contribution in [2.45, 2.75) is 19.8 Å². The Morgan fingerprint density at radius 1 is 0.625 bits per heavy atom. The number of nitrogens with zero attached hydrogens (tertiary/aromatic N) is 2. The van der Waals surface area contributed by atoms with Crippen molar-refractivity contribution >= 4 is 44.0 Å². The second-order valence-electron chi connectivity index (χ2n) is 10.8. The van der Waals surface area contributed by atoms with Crippen molar-refractivity contribution in [3.8, 4) is 27.9 Å². The van der Waals surface area contributed by atoms with Crippen LogP contribution in [0.1, 0.15) is 25.5 Å². The molecule has 190 valence electrons. The van der Waals surface area contributed by atoms with Crippen LogP contribution in [0.2, 0.25) is 0 Å². The lowest BCUT2D eigenvalue weighted by Crippen LogP contribution is -1.99. The average Bonchev–Trinajstić information content (AvgIpc) is 3.75. The third-order valence-electron chi connectivity index (χ3n) is 8.24. The van der Waals surface area contributed by atoms with Gasteiger partial charge in [-0.1, -0.05) is 89.6 Å². The molecule has 0 bridgehead atoms. The van der Waals surface area contributed by atoms with Gasteiger partial charge in [-0.15, -0.1) is 0 Å². The van der Waals surface area contributed by atoms with Crippen LogP contribution >= 0.6 is 0 Å². The Balaban J connectivity index is 1.36. The van der Waals surface area contributed by atoms with Gasteiger partial charge in [-0.25, -0.2) is 0 Å². The molecule has 3 heteroatoms. The van der Waals surface area contributed by atoms with Gasteiger partial charge >= 0.3 is 5.71 Å². The number of aromatic amines is 1. The maximum absolute atomic E-state index is 4.75. The van der Waals surface area contributed by atoms with Crippen LogP contribution in [0.25, 0.3) is 60.5 Å². The summed E-state index contributed by atoms with van der Waals surface area (Å²) in [5.41, 5.74) is 12.0. The first-order valence-electron chi connectivity index (χ1n) is 13.9. The number of hydrogen-bond donors (Lipinski definition) is 1. The minimum atomic E-state index is 1.01. The molecular weight excluding hydrogens is 486 g/mol. The van der Waals surface area contributed by atoms with E-state index in [1.807, 2.05) is 0 Å². The van der Waals surface area contributed by atoms with Gasteiger partial charge in [0.1, 0.15) is 5.69 Å². The van der Waals surface area contributed by atoms with Crippen molar-refractivity contribution in [1.29, 1.82) is 0 Å². The maximum atomic E-state index is 4.75. The number of hydrogen-bond acceptors (Lipinski definition) is 0. The highest BCUT2D eigenvalue weighted by molar-refractivity contribution is 6.19. The van der Waals surface area contributed by atoms with Crippen molar-refractivity contribution in [2.75, 3.05) is 0 Å². The number of benzene rings is 5. The van der Waals surface area contributed by atoms with Crippen LogP contribution in [0.5, 0.6) is 0 Å². The molecule has 0 atom stereocenters. The molecule has 0 fully saturated rings. The number of H-pyrrole nitrogens is 1. The second-order valence-corrected chi connectivity index (χ2v) is 10.8. The first-order valence-corrected chi connectivity index (χ1v) is 13.9. The summed E-state index contributed by atoms with van der Waals surface area (Å²) in [7, 11) is 0. The fourth-order valence-corrected chi connectivity index (χ4v) is 6.24. The SMILES string of the molecule is CC1=[N+]=C(c2cc(-c3ccc4c5ccc6cc(-c7ccccc7)ccc6c5n(-c5ccccc5)c4c3)c[nH]2)CC1. The highest BCUT2D eigenvalue weighted by atomic mass is 15.0. The minimum absolute atomic E-state index is 1.01. The van der Waals surface area contributed by atoms with Crippen LogP contribution < -0.4 is 4.67 Å². The topological polar surface area (TPSA) is 34.8 Å². The Morgan fingerprint density at radius 3 is 2.12 bits per heavy atom. The standard InChI is InChI=1S/C37H27N3/c1-24-12-19-34(39-24)35-21-29(23-38-35)27-14-17-32-33-18-15-28-20-26(25-8-4-2-5-9-25)13-16-31(28)37(33)40(36(32)22-27)30-10-6-3-7-11-30/h2-11,13-18,20-23H,12,19H2,1H3/p+1. The minimum Gasteiger partial charge on any atom is -0.355 e. The van der Waals surface area contributed by atoms with Gasteiger partial charge in [0, 0.05) is 40.5 Å². The normalized spacial score (nSPS) is 13.3. The Morgan fingerprint density at radius 2 is 1.35 bits per heavy atom. The predicted molar refractivity (Wildman–Crippen MR) is 170 cm³/mol. The molecule has 0 unspecified atom stereocenters. The summed E-state index contributed by atoms with van der Waals surface area (Å²) in [6.07, 6.45) is 4.17. The zero-order chi connectivity index (χ0) is 26.6. The Kier molecular flexibility index (Phi) is 5.13. The zero-order valence-corrected chi connectivity index (χ0v) is 22.4. The molecule has 3 nitrogen and oxygen atoms in total. The number of para-hydroxylation sites is 1. The van der Waals surface area contributed by atoms with Crippen LogP contribution in [0.3, 0.4) is 0 Å². The molecule has 5 aromatic carbocycles. The number of aromatic nitrogens is 2. The van der Waals surface area contributed by atoms with Crippen LogP contribution in [0.15, 0.2) is 121 Å². The van der Waals surface area contributed by atoms with Gasteiger partial charge in [0.05, 0.1) is 23.9 Å². The molecule has 0 saturated carbocycles. The summed E-state index contributed by atoms with van der Waals surface area (Å²) < 4.78 is 7.19. The monoisotopic (exact) mass is 514 g/mol. The molecule has 8 rings (SSSR count). The van der Waals surface area contributed by atoms with E-state index in [0.717, 1.165) is 24.2 Å². The van der Waals surface area contributed by atoms with Crippen molar-refractivity contribution in [3.05, 3.63) is 127 Å². The van der Waals surface area contributed by atoms with Gasteiger partial charge in [0.25, 0.3) is 5.71 Å². The molecule has 1 aliphatic heterocycles. The van der Waals surface area contributed by atoms with Gasteiger partial charge in [-0.3, -0.25) is 0 Å². The van der Waals surface area contributed by atoms with E-state index in [1.54, 1.807) is 0 Å². The summed E-state index contributed by atoms with van der Waals surface area (Å²) >= 11 is 0. The quantitative estimate of drug-likeness (QED) is 0.228. The molecule has 0 saturated heterocycles. The predicted octanol–water partition coefficient (Wildman–Crippen LogP) is 8.71. The van der Waals surface area contributed by atoms with E-state index in [2.05, 4.69) is 138 Å². The lowest BCUT2D eigenvalue weighted by molar-refractivity contribution is 1.17. The molecule has 1 aliphatic rings. The van der Waals surface area contributed by atoms with Crippen molar-refractivity contribution in [1.82, 2.24) is 14.2 Å².